The third-order valence-corrected chi connectivity index (χ3v) is 5.74. The van der Waals surface area contributed by atoms with E-state index in [1.165, 1.54) is 24.2 Å². The number of hydrogen-bond donors (Lipinski definition) is 1. The second-order valence-electron chi connectivity index (χ2n) is 8.46. The normalized spacial score (nSPS) is 14.5. The highest BCUT2D eigenvalue weighted by Gasteiger charge is 2.32. The number of carbonyl (C=O) groups excluding carboxylic acids is 2. The molecular weight excluding hydrogens is 444 g/mol. The molecule has 0 atom stereocenters. The van der Waals surface area contributed by atoms with E-state index >= 15 is 0 Å². The van der Waals surface area contributed by atoms with E-state index in [1.807, 2.05) is 20.8 Å². The minimum absolute atomic E-state index is 0.0846. The number of sulfonamides is 1. The lowest BCUT2D eigenvalue weighted by Crippen LogP contribution is -2.42. The Morgan fingerprint density at radius 1 is 1.12 bits per heavy atom. The van der Waals surface area contributed by atoms with Crippen LogP contribution in [0.15, 0.2) is 62.9 Å². The van der Waals surface area contributed by atoms with Gasteiger partial charge < -0.3 is 10.1 Å². The van der Waals surface area contributed by atoms with Crippen LogP contribution in [-0.4, -0.2) is 49.4 Å². The van der Waals surface area contributed by atoms with Gasteiger partial charge in [-0.25, -0.2) is 5.01 Å². The molecule has 2 aromatic rings. The molecule has 1 heterocycles. The molecular formula is C23H26N4O5S. The van der Waals surface area contributed by atoms with Crippen LogP contribution < -0.4 is 10.1 Å². The van der Waals surface area contributed by atoms with Gasteiger partial charge in [-0.2, -0.15) is 13.5 Å². The van der Waals surface area contributed by atoms with Crippen molar-refractivity contribution in [1.29, 1.82) is 0 Å². The standard InChI is InChI=1S/C23H26N4O5S/c1-16(28)32-18-11-9-17(10-12-18)15-24-27(14-13-21(29)25-23(2,3)4)22-19-7-5-6-8-20(19)33(30,31)26-22/h5-12,15H,13-14H2,1-4H3,(H,25,29)/b24-15+. The highest BCUT2D eigenvalue weighted by atomic mass is 32.2. The van der Waals surface area contributed by atoms with E-state index in [9.17, 15) is 18.0 Å². The molecule has 1 N–H and O–H groups in total. The topological polar surface area (TPSA) is 118 Å². The fraction of sp³-hybridized carbons (Fsp3) is 0.304. The molecule has 0 aliphatic carbocycles. The monoisotopic (exact) mass is 470 g/mol. The van der Waals surface area contributed by atoms with Crippen molar-refractivity contribution in [3.05, 3.63) is 59.7 Å². The molecule has 0 unspecified atom stereocenters. The van der Waals surface area contributed by atoms with Crippen LogP contribution in [-0.2, 0) is 19.6 Å². The van der Waals surface area contributed by atoms with Gasteiger partial charge in [0.1, 0.15) is 10.6 Å². The first-order chi connectivity index (χ1) is 15.4. The molecule has 0 bridgehead atoms. The van der Waals surface area contributed by atoms with Crippen molar-refractivity contribution in [3.8, 4) is 5.75 Å². The predicted molar refractivity (Wildman–Crippen MR) is 125 cm³/mol. The number of nitrogens with one attached hydrogen (secondary N) is 1. The Hall–Kier alpha value is -3.53. The number of amidine groups is 1. The largest absolute Gasteiger partial charge is 0.427 e. The van der Waals surface area contributed by atoms with Crippen LogP contribution >= 0.6 is 0 Å². The van der Waals surface area contributed by atoms with E-state index < -0.39 is 21.5 Å². The van der Waals surface area contributed by atoms with Crippen molar-refractivity contribution in [2.24, 2.45) is 9.50 Å². The Bertz CT molecular complexity index is 1210. The summed E-state index contributed by atoms with van der Waals surface area (Å²) in [5, 5.41) is 8.71. The first-order valence-electron chi connectivity index (χ1n) is 10.3. The summed E-state index contributed by atoms with van der Waals surface area (Å²) in [6.45, 7) is 7.07. The highest BCUT2D eigenvalue weighted by Crippen LogP contribution is 2.27. The van der Waals surface area contributed by atoms with Gasteiger partial charge in [-0.05, 0) is 62.7 Å². The molecule has 1 amide bonds. The second-order valence-corrected chi connectivity index (χ2v) is 10.0. The Labute approximate surface area is 193 Å². The van der Waals surface area contributed by atoms with E-state index in [4.69, 9.17) is 4.74 Å². The molecule has 0 saturated heterocycles. The molecule has 3 rings (SSSR count). The number of amides is 1. The van der Waals surface area contributed by atoms with E-state index in [0.717, 1.165) is 0 Å². The van der Waals surface area contributed by atoms with Gasteiger partial charge >= 0.3 is 5.97 Å². The minimum Gasteiger partial charge on any atom is -0.427 e. The SMILES string of the molecule is CC(=O)Oc1ccc(/C=N/N(CCC(=O)NC(C)(C)C)C2=NS(=O)(=O)c3ccccc32)cc1. The fourth-order valence-electron chi connectivity index (χ4n) is 3.11. The fourth-order valence-corrected chi connectivity index (χ4v) is 4.31. The predicted octanol–water partition coefficient (Wildman–Crippen LogP) is 2.70. The molecule has 0 saturated carbocycles. The molecule has 174 valence electrons. The zero-order valence-corrected chi connectivity index (χ0v) is 19.7. The summed E-state index contributed by atoms with van der Waals surface area (Å²) in [5.74, 6) is -0.0593. The van der Waals surface area contributed by atoms with Gasteiger partial charge in [0, 0.05) is 24.4 Å². The third kappa shape index (κ3) is 6.48. The third-order valence-electron chi connectivity index (χ3n) is 4.41. The Morgan fingerprint density at radius 2 is 1.79 bits per heavy atom. The number of nitrogens with zero attached hydrogens (tertiary/aromatic N) is 3. The van der Waals surface area contributed by atoms with Crippen molar-refractivity contribution in [3.63, 3.8) is 0 Å². The minimum atomic E-state index is -3.84. The Morgan fingerprint density at radius 3 is 2.42 bits per heavy atom. The zero-order valence-electron chi connectivity index (χ0n) is 18.9. The molecule has 33 heavy (non-hydrogen) atoms. The van der Waals surface area contributed by atoms with Gasteiger partial charge in [-0.3, -0.25) is 9.59 Å². The highest BCUT2D eigenvalue weighted by molar-refractivity contribution is 7.90. The Balaban J connectivity index is 1.87. The molecule has 9 nitrogen and oxygen atoms in total. The number of carbonyl (C=O) groups is 2. The van der Waals surface area contributed by atoms with Crippen LogP contribution in [0.2, 0.25) is 0 Å². The summed E-state index contributed by atoms with van der Waals surface area (Å²) >= 11 is 0. The maximum atomic E-state index is 12.5. The average Bonchev–Trinajstić information content (AvgIpc) is 2.99. The van der Waals surface area contributed by atoms with Crippen molar-refractivity contribution in [1.82, 2.24) is 10.3 Å². The number of ether oxygens (including phenoxy) is 1. The maximum absolute atomic E-state index is 12.5. The first-order valence-corrected chi connectivity index (χ1v) is 11.7. The van der Waals surface area contributed by atoms with Crippen molar-refractivity contribution < 1.29 is 22.7 Å². The van der Waals surface area contributed by atoms with E-state index in [-0.39, 0.29) is 29.6 Å². The molecule has 2 aromatic carbocycles. The number of hydrogen-bond acceptors (Lipinski definition) is 7. The molecule has 1 aliphatic heterocycles. The summed E-state index contributed by atoms with van der Waals surface area (Å²) in [7, 11) is -3.84. The lowest BCUT2D eigenvalue weighted by atomic mass is 10.1. The summed E-state index contributed by atoms with van der Waals surface area (Å²) in [6, 6.07) is 13.1. The Kier molecular flexibility index (Phi) is 6.97. The molecule has 0 aromatic heterocycles. The molecule has 0 spiro atoms. The van der Waals surface area contributed by atoms with Crippen LogP contribution in [0.25, 0.3) is 0 Å². The van der Waals surface area contributed by atoms with Crippen LogP contribution in [0.5, 0.6) is 5.75 Å². The van der Waals surface area contributed by atoms with Crippen molar-refractivity contribution >= 4 is 33.9 Å². The van der Waals surface area contributed by atoms with Crippen molar-refractivity contribution in [2.75, 3.05) is 6.54 Å². The lowest BCUT2D eigenvalue weighted by molar-refractivity contribution is -0.132. The first kappa shape index (κ1) is 24.1. The molecule has 0 radical (unpaired) electrons. The second kappa shape index (κ2) is 9.53. The van der Waals surface area contributed by atoms with E-state index in [1.54, 1.807) is 42.5 Å². The maximum Gasteiger partial charge on any atom is 0.308 e. The summed E-state index contributed by atoms with van der Waals surface area (Å²) in [4.78, 5) is 23.5. The summed E-state index contributed by atoms with van der Waals surface area (Å²) in [5.41, 5.74) is 0.719. The number of rotatable bonds is 6. The molecule has 0 fully saturated rings. The van der Waals surface area contributed by atoms with Gasteiger partial charge in [-0.1, -0.05) is 12.1 Å². The molecule has 10 heteroatoms. The zero-order chi connectivity index (χ0) is 24.2. The average molecular weight is 471 g/mol. The lowest BCUT2D eigenvalue weighted by Gasteiger charge is -2.22. The number of hydrazone groups is 1. The van der Waals surface area contributed by atoms with E-state index in [0.29, 0.717) is 16.9 Å². The van der Waals surface area contributed by atoms with E-state index in [2.05, 4.69) is 14.8 Å². The number of benzene rings is 2. The van der Waals surface area contributed by atoms with Crippen LogP contribution in [0.3, 0.4) is 0 Å². The number of fused-ring (bicyclic) bond motifs is 1. The van der Waals surface area contributed by atoms with Gasteiger partial charge in [0.2, 0.25) is 5.91 Å². The van der Waals surface area contributed by atoms with Crippen LogP contribution in [0.4, 0.5) is 0 Å². The van der Waals surface area contributed by atoms with Gasteiger partial charge in [0.05, 0.1) is 12.8 Å². The van der Waals surface area contributed by atoms with Crippen LogP contribution in [0, 0.1) is 0 Å². The number of esters is 1. The summed E-state index contributed by atoms with van der Waals surface area (Å²) in [6.07, 6.45) is 1.61. The van der Waals surface area contributed by atoms with Gasteiger partial charge in [-0.15, -0.1) is 4.40 Å². The summed E-state index contributed by atoms with van der Waals surface area (Å²) < 4.78 is 33.9. The quantitative estimate of drug-likeness (QED) is 0.300. The smallest absolute Gasteiger partial charge is 0.308 e. The van der Waals surface area contributed by atoms with Gasteiger partial charge in [0.25, 0.3) is 10.0 Å². The van der Waals surface area contributed by atoms with Crippen molar-refractivity contribution in [2.45, 2.75) is 44.6 Å². The van der Waals surface area contributed by atoms with Crippen LogP contribution in [0.1, 0.15) is 45.2 Å². The van der Waals surface area contributed by atoms with Gasteiger partial charge in [0.15, 0.2) is 5.84 Å². The molecule has 1 aliphatic rings.